The number of fused-ring (bicyclic) bond motifs is 1. The van der Waals surface area contributed by atoms with Gasteiger partial charge in [-0.1, -0.05) is 43.5 Å². The summed E-state index contributed by atoms with van der Waals surface area (Å²) in [4.78, 5) is 5.24. The molecule has 24 heavy (non-hydrogen) atoms. The van der Waals surface area contributed by atoms with Crippen molar-refractivity contribution in [1.82, 2.24) is 4.90 Å². The van der Waals surface area contributed by atoms with Crippen LogP contribution in [0.15, 0.2) is 47.8 Å². The number of para-hydroxylation sites is 1. The van der Waals surface area contributed by atoms with E-state index in [0.717, 1.165) is 5.92 Å². The highest BCUT2D eigenvalue weighted by Gasteiger charge is 2.49. The first-order chi connectivity index (χ1) is 11.5. The zero-order valence-corrected chi connectivity index (χ0v) is 15.5. The van der Waals surface area contributed by atoms with Gasteiger partial charge in [0.15, 0.2) is 0 Å². The lowest BCUT2D eigenvalue weighted by molar-refractivity contribution is 0.0931. The summed E-state index contributed by atoms with van der Waals surface area (Å²) in [6, 6.07) is 8.78. The van der Waals surface area contributed by atoms with Crippen LogP contribution in [0.25, 0.3) is 0 Å². The fourth-order valence-corrected chi connectivity index (χ4v) is 5.32. The summed E-state index contributed by atoms with van der Waals surface area (Å²) < 4.78 is 0. The van der Waals surface area contributed by atoms with E-state index in [0.29, 0.717) is 6.17 Å². The standard InChI is InChI=1S/C22H30N2/c1-16-10-8-9-13-20(16)23-17(2)21-14-15-22(4,24(21)18(23)3)19-11-6-5-7-12-19/h8-10,13-15,18-19H,5-7,11-12H2,1-4H3. The van der Waals surface area contributed by atoms with Crippen LogP contribution in [0.3, 0.4) is 0 Å². The molecule has 2 unspecified atom stereocenters. The number of hydrogen-bond acceptors (Lipinski definition) is 2. The van der Waals surface area contributed by atoms with Gasteiger partial charge in [-0.3, -0.25) is 0 Å². The maximum absolute atomic E-state index is 2.70. The van der Waals surface area contributed by atoms with Gasteiger partial charge in [-0.25, -0.2) is 0 Å². The largest absolute Gasteiger partial charge is 0.340 e. The minimum absolute atomic E-state index is 0.174. The molecule has 128 valence electrons. The zero-order valence-electron chi connectivity index (χ0n) is 15.5. The van der Waals surface area contributed by atoms with Crippen LogP contribution >= 0.6 is 0 Å². The summed E-state index contributed by atoms with van der Waals surface area (Å²) in [5.41, 5.74) is 5.71. The molecule has 0 N–H and O–H groups in total. The highest BCUT2D eigenvalue weighted by molar-refractivity contribution is 5.62. The quantitative estimate of drug-likeness (QED) is 0.699. The predicted octanol–water partition coefficient (Wildman–Crippen LogP) is 5.60. The summed E-state index contributed by atoms with van der Waals surface area (Å²) in [6.07, 6.45) is 12.2. The van der Waals surface area contributed by atoms with E-state index in [2.05, 4.69) is 73.9 Å². The van der Waals surface area contributed by atoms with Crippen LogP contribution in [0.1, 0.15) is 58.4 Å². The molecule has 0 spiro atoms. The average molecular weight is 322 g/mol. The van der Waals surface area contributed by atoms with Gasteiger partial charge in [0.1, 0.15) is 6.17 Å². The van der Waals surface area contributed by atoms with Gasteiger partial charge in [0.25, 0.3) is 0 Å². The number of allylic oxidation sites excluding steroid dienone is 2. The van der Waals surface area contributed by atoms with Crippen molar-refractivity contribution in [3.05, 3.63) is 53.4 Å². The van der Waals surface area contributed by atoms with Crippen LogP contribution in [0.2, 0.25) is 0 Å². The molecule has 1 aliphatic carbocycles. The average Bonchev–Trinajstić information content (AvgIpc) is 3.07. The Morgan fingerprint density at radius 2 is 1.75 bits per heavy atom. The zero-order chi connectivity index (χ0) is 16.9. The maximum Gasteiger partial charge on any atom is 0.104 e. The van der Waals surface area contributed by atoms with Crippen molar-refractivity contribution in [2.24, 2.45) is 5.92 Å². The number of aryl methyl sites for hydroxylation is 1. The van der Waals surface area contributed by atoms with Crippen LogP contribution in [-0.4, -0.2) is 16.6 Å². The van der Waals surface area contributed by atoms with Crippen LogP contribution in [0.5, 0.6) is 0 Å². The van der Waals surface area contributed by atoms with Crippen LogP contribution < -0.4 is 4.90 Å². The highest BCUT2D eigenvalue weighted by Crippen LogP contribution is 2.49. The van der Waals surface area contributed by atoms with Gasteiger partial charge in [-0.15, -0.1) is 0 Å². The summed E-state index contributed by atoms with van der Waals surface area (Å²) in [6.45, 7) is 9.35. The molecule has 1 fully saturated rings. The molecule has 1 saturated carbocycles. The molecule has 0 bridgehead atoms. The van der Waals surface area contributed by atoms with Gasteiger partial charge < -0.3 is 9.80 Å². The molecule has 2 aliphatic heterocycles. The summed E-state index contributed by atoms with van der Waals surface area (Å²) >= 11 is 0. The molecule has 1 aromatic carbocycles. The molecule has 1 aromatic rings. The maximum atomic E-state index is 2.70. The Morgan fingerprint density at radius 3 is 2.46 bits per heavy atom. The van der Waals surface area contributed by atoms with E-state index >= 15 is 0 Å². The van der Waals surface area contributed by atoms with Gasteiger partial charge in [0, 0.05) is 11.4 Å². The molecule has 4 rings (SSSR count). The molecule has 0 saturated heterocycles. The normalized spacial score (nSPS) is 30.4. The van der Waals surface area contributed by atoms with Gasteiger partial charge in [-0.05, 0) is 64.2 Å². The lowest BCUT2D eigenvalue weighted by Gasteiger charge is -2.46. The Bertz CT molecular complexity index is 696. The topological polar surface area (TPSA) is 6.48 Å². The van der Waals surface area contributed by atoms with Crippen LogP contribution in [0, 0.1) is 12.8 Å². The second-order valence-corrected chi connectivity index (χ2v) is 8.02. The second kappa shape index (κ2) is 5.68. The molecule has 0 amide bonds. The third-order valence-electron chi connectivity index (χ3n) is 6.64. The SMILES string of the molecule is CC1=C2C=CC(C)(C3CCCCC3)N2C(C)N1c1ccccc1C. The van der Waals surface area contributed by atoms with E-state index in [-0.39, 0.29) is 5.54 Å². The van der Waals surface area contributed by atoms with Crippen molar-refractivity contribution in [3.63, 3.8) is 0 Å². The smallest absolute Gasteiger partial charge is 0.104 e. The highest BCUT2D eigenvalue weighted by atomic mass is 15.4. The second-order valence-electron chi connectivity index (χ2n) is 8.02. The lowest BCUT2D eigenvalue weighted by Crippen LogP contribution is -2.52. The molecule has 0 radical (unpaired) electrons. The van der Waals surface area contributed by atoms with E-state index in [1.54, 1.807) is 0 Å². The van der Waals surface area contributed by atoms with Gasteiger partial charge >= 0.3 is 0 Å². The molecule has 2 heteroatoms. The minimum Gasteiger partial charge on any atom is -0.340 e. The molecular weight excluding hydrogens is 292 g/mol. The van der Waals surface area contributed by atoms with E-state index in [1.807, 2.05) is 0 Å². The molecule has 2 nitrogen and oxygen atoms in total. The Labute approximate surface area is 146 Å². The third kappa shape index (κ3) is 2.15. The van der Waals surface area contributed by atoms with Crippen LogP contribution in [-0.2, 0) is 0 Å². The Morgan fingerprint density at radius 1 is 1.04 bits per heavy atom. The Kier molecular flexibility index (Phi) is 3.74. The predicted molar refractivity (Wildman–Crippen MR) is 102 cm³/mol. The number of nitrogens with zero attached hydrogens (tertiary/aromatic N) is 2. The first-order valence-electron chi connectivity index (χ1n) is 9.58. The summed E-state index contributed by atoms with van der Waals surface area (Å²) in [5, 5.41) is 0. The van der Waals surface area contributed by atoms with E-state index in [1.165, 1.54) is 54.7 Å². The lowest BCUT2D eigenvalue weighted by atomic mass is 9.75. The van der Waals surface area contributed by atoms with Crippen molar-refractivity contribution in [3.8, 4) is 0 Å². The van der Waals surface area contributed by atoms with Gasteiger partial charge in [0.05, 0.1) is 11.2 Å². The number of rotatable bonds is 2. The Balaban J connectivity index is 1.72. The van der Waals surface area contributed by atoms with E-state index in [4.69, 9.17) is 0 Å². The molecule has 0 aromatic heterocycles. The van der Waals surface area contributed by atoms with E-state index < -0.39 is 0 Å². The van der Waals surface area contributed by atoms with Crippen molar-refractivity contribution >= 4 is 5.69 Å². The van der Waals surface area contributed by atoms with Gasteiger partial charge in [0.2, 0.25) is 0 Å². The van der Waals surface area contributed by atoms with Crippen molar-refractivity contribution in [2.75, 3.05) is 4.90 Å². The van der Waals surface area contributed by atoms with Crippen molar-refractivity contribution in [1.29, 1.82) is 0 Å². The number of hydrogen-bond donors (Lipinski definition) is 0. The minimum atomic E-state index is 0.174. The van der Waals surface area contributed by atoms with Crippen molar-refractivity contribution < 1.29 is 0 Å². The molecule has 2 atom stereocenters. The van der Waals surface area contributed by atoms with E-state index in [9.17, 15) is 0 Å². The molecule has 2 heterocycles. The fourth-order valence-electron chi connectivity index (χ4n) is 5.32. The number of anilines is 1. The van der Waals surface area contributed by atoms with Gasteiger partial charge in [-0.2, -0.15) is 0 Å². The van der Waals surface area contributed by atoms with Crippen molar-refractivity contribution in [2.45, 2.75) is 71.5 Å². The molecule has 3 aliphatic rings. The Hall–Kier alpha value is -1.70. The summed E-state index contributed by atoms with van der Waals surface area (Å²) in [7, 11) is 0. The fraction of sp³-hybridized carbons (Fsp3) is 0.545. The third-order valence-corrected chi connectivity index (χ3v) is 6.64. The monoisotopic (exact) mass is 322 g/mol. The first-order valence-corrected chi connectivity index (χ1v) is 9.58. The number of benzene rings is 1. The summed E-state index contributed by atoms with van der Waals surface area (Å²) in [5.74, 6) is 0.784. The molecular formula is C22H30N2. The van der Waals surface area contributed by atoms with Crippen LogP contribution in [0.4, 0.5) is 5.69 Å². The first kappa shape index (κ1) is 15.8.